The van der Waals surface area contributed by atoms with E-state index in [2.05, 4.69) is 5.32 Å². The first-order valence-corrected chi connectivity index (χ1v) is 7.51. The Morgan fingerprint density at radius 2 is 1.94 bits per heavy atom. The van der Waals surface area contributed by atoms with E-state index in [1.807, 2.05) is 6.92 Å². The summed E-state index contributed by atoms with van der Waals surface area (Å²) >= 11 is 0. The third kappa shape index (κ3) is 8.67. The summed E-state index contributed by atoms with van der Waals surface area (Å²) in [4.78, 5) is 11.3. The number of unbranched alkanes of at least 4 members (excludes halogenated alkanes) is 2. The first-order chi connectivity index (χ1) is 7.52. The molecule has 16 heavy (non-hydrogen) atoms. The largest absolute Gasteiger partial charge is 0.355 e. The van der Waals surface area contributed by atoms with Crippen molar-refractivity contribution < 1.29 is 13.2 Å². The van der Waals surface area contributed by atoms with Crippen LogP contribution in [-0.4, -0.2) is 38.9 Å². The van der Waals surface area contributed by atoms with Crippen LogP contribution in [0.3, 0.4) is 0 Å². The predicted octanol–water partition coefficient (Wildman–Crippen LogP) is 0.0564. The second-order valence-electron chi connectivity index (χ2n) is 3.79. The molecule has 0 unspecified atom stereocenters. The number of hydrogen-bond donors (Lipinski definition) is 2. The summed E-state index contributed by atoms with van der Waals surface area (Å²) in [6.07, 6.45) is 3.06. The number of carbonyl (C=O) groups is 1. The lowest BCUT2D eigenvalue weighted by Gasteiger charge is -2.05. The molecular formula is C10H22N2O3S. The highest BCUT2D eigenvalue weighted by molar-refractivity contribution is 7.92. The molecule has 0 fully saturated rings. The monoisotopic (exact) mass is 250 g/mol. The molecule has 0 bridgehead atoms. The Labute approximate surface area is 97.7 Å². The molecule has 5 nitrogen and oxygen atoms in total. The summed E-state index contributed by atoms with van der Waals surface area (Å²) in [6, 6.07) is 0. The van der Waals surface area contributed by atoms with Gasteiger partial charge < -0.3 is 11.1 Å². The number of amides is 1. The molecule has 0 aliphatic heterocycles. The van der Waals surface area contributed by atoms with Crippen molar-refractivity contribution in [3.05, 3.63) is 0 Å². The molecule has 96 valence electrons. The van der Waals surface area contributed by atoms with Crippen molar-refractivity contribution in [3.8, 4) is 0 Å². The van der Waals surface area contributed by atoms with Gasteiger partial charge in [0.15, 0.2) is 9.84 Å². The smallest absolute Gasteiger partial charge is 0.235 e. The van der Waals surface area contributed by atoms with E-state index in [0.29, 0.717) is 25.9 Å². The van der Waals surface area contributed by atoms with Gasteiger partial charge in [0.25, 0.3) is 0 Å². The Balaban J connectivity index is 3.82. The summed E-state index contributed by atoms with van der Waals surface area (Å²) in [7, 11) is -3.26. The number of nitrogens with one attached hydrogen (secondary N) is 1. The molecule has 0 aromatic carbocycles. The summed E-state index contributed by atoms with van der Waals surface area (Å²) in [5.41, 5.74) is 5.27. The minimum absolute atomic E-state index is 0.0470. The van der Waals surface area contributed by atoms with E-state index in [1.165, 1.54) is 0 Å². The highest BCUT2D eigenvalue weighted by Gasteiger charge is 2.15. The molecule has 3 N–H and O–H groups in total. The van der Waals surface area contributed by atoms with E-state index in [0.717, 1.165) is 12.8 Å². The number of hydrogen-bond acceptors (Lipinski definition) is 4. The van der Waals surface area contributed by atoms with Gasteiger partial charge in [-0.3, -0.25) is 4.79 Å². The number of carbonyl (C=O) groups excluding carboxylic acids is 1. The van der Waals surface area contributed by atoms with Crippen LogP contribution >= 0.6 is 0 Å². The highest BCUT2D eigenvalue weighted by atomic mass is 32.2. The fourth-order valence-electron chi connectivity index (χ4n) is 1.19. The van der Waals surface area contributed by atoms with Gasteiger partial charge in [0, 0.05) is 6.54 Å². The minimum Gasteiger partial charge on any atom is -0.355 e. The first-order valence-electron chi connectivity index (χ1n) is 5.69. The first kappa shape index (κ1) is 15.4. The van der Waals surface area contributed by atoms with Gasteiger partial charge >= 0.3 is 0 Å². The van der Waals surface area contributed by atoms with Gasteiger partial charge in [-0.1, -0.05) is 13.3 Å². The van der Waals surface area contributed by atoms with Crippen LogP contribution in [0.25, 0.3) is 0 Å². The predicted molar refractivity (Wildman–Crippen MR) is 64.9 cm³/mol. The van der Waals surface area contributed by atoms with E-state index < -0.39 is 21.5 Å². The van der Waals surface area contributed by atoms with Crippen LogP contribution < -0.4 is 11.1 Å². The summed E-state index contributed by atoms with van der Waals surface area (Å²) in [5, 5.41) is 2.59. The Bertz CT molecular complexity index is 288. The van der Waals surface area contributed by atoms with Crippen molar-refractivity contribution in [2.24, 2.45) is 5.73 Å². The molecular weight excluding hydrogens is 228 g/mol. The van der Waals surface area contributed by atoms with Gasteiger partial charge in [0.1, 0.15) is 5.75 Å². The molecule has 0 spiro atoms. The Morgan fingerprint density at radius 3 is 2.50 bits per heavy atom. The van der Waals surface area contributed by atoms with Crippen molar-refractivity contribution >= 4 is 15.7 Å². The quantitative estimate of drug-likeness (QED) is 0.566. The molecule has 6 heteroatoms. The molecule has 0 aliphatic carbocycles. The molecule has 0 atom stereocenters. The van der Waals surface area contributed by atoms with E-state index in [4.69, 9.17) is 5.73 Å². The second kappa shape index (κ2) is 8.52. The molecule has 0 radical (unpaired) electrons. The minimum atomic E-state index is -3.26. The Morgan fingerprint density at radius 1 is 1.25 bits per heavy atom. The number of rotatable bonds is 9. The number of sulfone groups is 1. The van der Waals surface area contributed by atoms with Gasteiger partial charge in [-0.15, -0.1) is 0 Å². The lowest BCUT2D eigenvalue weighted by molar-refractivity contribution is -0.118. The molecule has 0 saturated heterocycles. The van der Waals surface area contributed by atoms with Gasteiger partial charge in [-0.2, -0.15) is 0 Å². The topological polar surface area (TPSA) is 89.3 Å². The molecule has 0 rings (SSSR count). The van der Waals surface area contributed by atoms with Crippen molar-refractivity contribution in [1.82, 2.24) is 5.32 Å². The zero-order chi connectivity index (χ0) is 12.4. The Hall–Kier alpha value is -0.620. The van der Waals surface area contributed by atoms with Crippen LogP contribution in [0.5, 0.6) is 0 Å². The third-order valence-corrected chi connectivity index (χ3v) is 3.73. The zero-order valence-electron chi connectivity index (χ0n) is 9.87. The maximum absolute atomic E-state index is 11.4. The third-order valence-electron chi connectivity index (χ3n) is 2.11. The highest BCUT2D eigenvalue weighted by Crippen LogP contribution is 1.97. The number of nitrogens with two attached hydrogens (primary N) is 1. The van der Waals surface area contributed by atoms with Gasteiger partial charge in [0.2, 0.25) is 5.91 Å². The van der Waals surface area contributed by atoms with E-state index >= 15 is 0 Å². The van der Waals surface area contributed by atoms with Crippen LogP contribution in [-0.2, 0) is 14.6 Å². The van der Waals surface area contributed by atoms with Crippen LogP contribution in [0.15, 0.2) is 0 Å². The maximum atomic E-state index is 11.4. The van der Waals surface area contributed by atoms with Gasteiger partial charge in [0.05, 0.1) is 5.75 Å². The fraction of sp³-hybridized carbons (Fsp3) is 0.900. The van der Waals surface area contributed by atoms with Crippen molar-refractivity contribution in [1.29, 1.82) is 0 Å². The standard InChI is InChI=1S/C10H22N2O3S/c1-2-3-7-12-10(13)9-16(14,15)8-5-4-6-11/h2-9,11H2,1H3,(H,12,13). The second-order valence-corrected chi connectivity index (χ2v) is 5.98. The summed E-state index contributed by atoms with van der Waals surface area (Å²) < 4.78 is 22.9. The van der Waals surface area contributed by atoms with Gasteiger partial charge in [-0.05, 0) is 25.8 Å². The van der Waals surface area contributed by atoms with Crippen molar-refractivity contribution in [3.63, 3.8) is 0 Å². The van der Waals surface area contributed by atoms with Crippen LogP contribution in [0, 0.1) is 0 Å². The lowest BCUT2D eigenvalue weighted by atomic mass is 10.3. The van der Waals surface area contributed by atoms with Crippen LogP contribution in [0.2, 0.25) is 0 Å². The molecule has 0 saturated carbocycles. The summed E-state index contributed by atoms with van der Waals surface area (Å²) in [5.74, 6) is -0.756. The van der Waals surface area contributed by atoms with Crippen molar-refractivity contribution in [2.75, 3.05) is 24.6 Å². The average molecular weight is 250 g/mol. The molecule has 1 amide bonds. The van der Waals surface area contributed by atoms with Crippen molar-refractivity contribution in [2.45, 2.75) is 32.6 Å². The Kier molecular flexibility index (Phi) is 8.19. The maximum Gasteiger partial charge on any atom is 0.235 e. The van der Waals surface area contributed by atoms with E-state index in [1.54, 1.807) is 0 Å². The van der Waals surface area contributed by atoms with Crippen LogP contribution in [0.1, 0.15) is 32.6 Å². The molecule has 0 aromatic rings. The van der Waals surface area contributed by atoms with E-state index in [9.17, 15) is 13.2 Å². The fourth-order valence-corrected chi connectivity index (χ4v) is 2.48. The normalized spacial score (nSPS) is 11.4. The molecule has 0 heterocycles. The lowest BCUT2D eigenvalue weighted by Crippen LogP contribution is -2.32. The molecule has 0 aromatic heterocycles. The SMILES string of the molecule is CCCCNC(=O)CS(=O)(=O)CCCCN. The van der Waals surface area contributed by atoms with Gasteiger partial charge in [-0.25, -0.2) is 8.42 Å². The average Bonchev–Trinajstić information content (AvgIpc) is 2.17. The zero-order valence-corrected chi connectivity index (χ0v) is 10.7. The molecule has 0 aliphatic rings. The summed E-state index contributed by atoms with van der Waals surface area (Å²) in [6.45, 7) is 3.04. The van der Waals surface area contributed by atoms with E-state index in [-0.39, 0.29) is 5.75 Å². The van der Waals surface area contributed by atoms with Crippen LogP contribution in [0.4, 0.5) is 0 Å².